The van der Waals surface area contributed by atoms with E-state index in [4.69, 9.17) is 4.42 Å². The van der Waals surface area contributed by atoms with Gasteiger partial charge in [-0.15, -0.1) is 10.2 Å². The van der Waals surface area contributed by atoms with Crippen LogP contribution in [0.15, 0.2) is 81.0 Å². The van der Waals surface area contributed by atoms with Gasteiger partial charge in [0, 0.05) is 15.7 Å². The van der Waals surface area contributed by atoms with Crippen molar-refractivity contribution in [3.05, 3.63) is 82.7 Å². The number of carbonyl (C=O) groups excluding carboxylic acids is 1. The summed E-state index contributed by atoms with van der Waals surface area (Å²) in [5.74, 6) is 1.64. The van der Waals surface area contributed by atoms with Crippen LogP contribution in [0.1, 0.15) is 32.1 Å². The van der Waals surface area contributed by atoms with E-state index in [1.165, 1.54) is 17.3 Å². The second-order valence-electron chi connectivity index (χ2n) is 8.65. The molecule has 2 aromatic carbocycles. The number of thioether (sulfide) groups is 1. The molecule has 4 rings (SSSR count). The number of nitrogens with zero attached hydrogens (tertiary/aromatic N) is 3. The fourth-order valence-electron chi connectivity index (χ4n) is 3.32. The molecule has 33 heavy (non-hydrogen) atoms. The highest BCUT2D eigenvalue weighted by atomic mass is 79.9. The van der Waals surface area contributed by atoms with Gasteiger partial charge in [-0.05, 0) is 41.3 Å². The maximum Gasteiger partial charge on any atom is 0.234 e. The van der Waals surface area contributed by atoms with Gasteiger partial charge in [0.2, 0.25) is 5.91 Å². The third kappa shape index (κ3) is 5.94. The van der Waals surface area contributed by atoms with E-state index in [-0.39, 0.29) is 17.1 Å². The maximum absolute atomic E-state index is 12.5. The summed E-state index contributed by atoms with van der Waals surface area (Å²) in [5.41, 5.74) is 3.03. The van der Waals surface area contributed by atoms with Crippen LogP contribution < -0.4 is 5.32 Å². The van der Waals surface area contributed by atoms with Crippen molar-refractivity contribution in [1.29, 1.82) is 0 Å². The number of aromatic nitrogens is 3. The molecule has 0 bridgehead atoms. The molecular weight excluding hydrogens is 500 g/mol. The minimum atomic E-state index is -0.110. The van der Waals surface area contributed by atoms with Gasteiger partial charge in [0.05, 0.1) is 18.6 Å². The fourth-order valence-corrected chi connectivity index (χ4v) is 4.46. The maximum atomic E-state index is 12.5. The predicted molar refractivity (Wildman–Crippen MR) is 135 cm³/mol. The van der Waals surface area contributed by atoms with Gasteiger partial charge in [0.1, 0.15) is 5.76 Å². The zero-order valence-corrected chi connectivity index (χ0v) is 21.1. The molecule has 170 valence electrons. The first kappa shape index (κ1) is 23.3. The van der Waals surface area contributed by atoms with E-state index < -0.39 is 0 Å². The zero-order valence-electron chi connectivity index (χ0n) is 18.7. The van der Waals surface area contributed by atoms with Crippen molar-refractivity contribution < 1.29 is 9.21 Å². The van der Waals surface area contributed by atoms with E-state index in [0.29, 0.717) is 11.7 Å². The molecule has 0 unspecified atom stereocenters. The van der Waals surface area contributed by atoms with E-state index >= 15 is 0 Å². The molecule has 2 aromatic heterocycles. The van der Waals surface area contributed by atoms with Crippen LogP contribution in [-0.2, 0) is 16.8 Å². The van der Waals surface area contributed by atoms with Crippen LogP contribution in [-0.4, -0.2) is 26.4 Å². The first-order valence-electron chi connectivity index (χ1n) is 10.5. The van der Waals surface area contributed by atoms with Crippen molar-refractivity contribution in [1.82, 2.24) is 14.8 Å². The van der Waals surface area contributed by atoms with E-state index in [2.05, 4.69) is 76.5 Å². The first-order valence-corrected chi connectivity index (χ1v) is 12.3. The van der Waals surface area contributed by atoms with Crippen LogP contribution in [0.5, 0.6) is 0 Å². The molecular formula is C25H25BrN4O2S. The Kier molecular flexibility index (Phi) is 7.05. The number of rotatable bonds is 7. The minimum Gasteiger partial charge on any atom is -0.467 e. The van der Waals surface area contributed by atoms with Gasteiger partial charge in [-0.3, -0.25) is 9.36 Å². The smallest absolute Gasteiger partial charge is 0.234 e. The van der Waals surface area contributed by atoms with E-state index in [1.54, 1.807) is 6.26 Å². The Morgan fingerprint density at radius 1 is 1.09 bits per heavy atom. The lowest BCUT2D eigenvalue weighted by Crippen LogP contribution is -2.14. The zero-order chi connectivity index (χ0) is 23.4. The topological polar surface area (TPSA) is 73.0 Å². The lowest BCUT2D eigenvalue weighted by atomic mass is 9.87. The second kappa shape index (κ2) is 9.97. The van der Waals surface area contributed by atoms with Crippen molar-refractivity contribution in [3.63, 3.8) is 0 Å². The number of hydrogen-bond donors (Lipinski definition) is 1. The third-order valence-electron chi connectivity index (χ3n) is 5.06. The Labute approximate surface area is 205 Å². The van der Waals surface area contributed by atoms with Crippen molar-refractivity contribution in [2.24, 2.45) is 0 Å². The Bertz CT molecular complexity index is 1230. The number of amides is 1. The second-order valence-corrected chi connectivity index (χ2v) is 10.5. The molecule has 1 amide bonds. The Morgan fingerprint density at radius 3 is 2.55 bits per heavy atom. The average molecular weight is 525 g/mol. The van der Waals surface area contributed by atoms with Crippen molar-refractivity contribution >= 4 is 39.3 Å². The minimum absolute atomic E-state index is 0.0725. The highest BCUT2D eigenvalue weighted by Crippen LogP contribution is 2.28. The van der Waals surface area contributed by atoms with E-state index in [9.17, 15) is 4.79 Å². The van der Waals surface area contributed by atoms with Gasteiger partial charge in [-0.2, -0.15) is 0 Å². The summed E-state index contributed by atoms with van der Waals surface area (Å²) in [6, 6.07) is 19.7. The molecule has 8 heteroatoms. The predicted octanol–water partition coefficient (Wildman–Crippen LogP) is 6.38. The van der Waals surface area contributed by atoms with Crippen molar-refractivity contribution in [3.8, 4) is 11.4 Å². The largest absolute Gasteiger partial charge is 0.467 e. The normalized spacial score (nSPS) is 11.5. The number of benzene rings is 2. The number of halogens is 1. The molecule has 2 heterocycles. The summed E-state index contributed by atoms with van der Waals surface area (Å²) in [7, 11) is 0. The highest BCUT2D eigenvalue weighted by Gasteiger charge is 2.19. The average Bonchev–Trinajstić information content (AvgIpc) is 3.42. The fraction of sp³-hybridized carbons (Fsp3) is 0.240. The van der Waals surface area contributed by atoms with Gasteiger partial charge in [-0.25, -0.2) is 0 Å². The van der Waals surface area contributed by atoms with Crippen molar-refractivity contribution in [2.45, 2.75) is 37.9 Å². The molecule has 0 spiro atoms. The molecule has 1 N–H and O–H groups in total. The van der Waals surface area contributed by atoms with Crippen LogP contribution >= 0.6 is 27.7 Å². The molecule has 0 fully saturated rings. The number of hydrogen-bond acceptors (Lipinski definition) is 5. The van der Waals surface area contributed by atoms with Crippen LogP contribution in [0.4, 0.5) is 5.69 Å². The van der Waals surface area contributed by atoms with Gasteiger partial charge in [0.25, 0.3) is 0 Å². The first-order chi connectivity index (χ1) is 15.8. The Morgan fingerprint density at radius 2 is 1.88 bits per heavy atom. The summed E-state index contributed by atoms with van der Waals surface area (Å²) in [4.78, 5) is 12.5. The quantitative estimate of drug-likeness (QED) is 0.284. The Balaban J connectivity index is 1.55. The highest BCUT2D eigenvalue weighted by molar-refractivity contribution is 9.10. The van der Waals surface area contributed by atoms with Gasteiger partial charge < -0.3 is 9.73 Å². The lowest BCUT2D eigenvalue weighted by Gasteiger charge is -2.19. The number of anilines is 1. The summed E-state index contributed by atoms with van der Waals surface area (Å²) in [5, 5.41) is 12.4. The summed E-state index contributed by atoms with van der Waals surface area (Å²) >= 11 is 4.77. The van der Waals surface area contributed by atoms with Crippen LogP contribution in [0, 0.1) is 0 Å². The Hall–Kier alpha value is -2.84. The van der Waals surface area contributed by atoms with Gasteiger partial charge in [-0.1, -0.05) is 78.8 Å². The van der Waals surface area contributed by atoms with Gasteiger partial charge in [0.15, 0.2) is 11.0 Å². The summed E-state index contributed by atoms with van der Waals surface area (Å²) < 4.78 is 8.46. The van der Waals surface area contributed by atoms with Gasteiger partial charge >= 0.3 is 0 Å². The standard InChI is InChI=1S/C25H25BrN4O2S/c1-25(2,3)18-11-9-17(10-12-18)23-28-29-24(30(23)15-21-8-5-13-32-21)33-16-22(31)27-20-7-4-6-19(26)14-20/h4-14H,15-16H2,1-3H3,(H,27,31). The van der Waals surface area contributed by atoms with Crippen LogP contribution in [0.3, 0.4) is 0 Å². The molecule has 0 atom stereocenters. The van der Waals surface area contributed by atoms with E-state index in [1.807, 2.05) is 41.0 Å². The third-order valence-corrected chi connectivity index (χ3v) is 6.52. The number of furan rings is 1. The van der Waals surface area contributed by atoms with E-state index in [0.717, 1.165) is 27.3 Å². The molecule has 0 saturated carbocycles. The molecule has 0 saturated heterocycles. The number of carbonyl (C=O) groups is 1. The molecule has 6 nitrogen and oxygen atoms in total. The summed E-state index contributed by atoms with van der Waals surface area (Å²) in [6.45, 7) is 7.05. The number of nitrogens with one attached hydrogen (secondary N) is 1. The molecule has 0 aliphatic rings. The molecule has 0 radical (unpaired) electrons. The lowest BCUT2D eigenvalue weighted by molar-refractivity contribution is -0.113. The monoisotopic (exact) mass is 524 g/mol. The van der Waals surface area contributed by atoms with Crippen molar-refractivity contribution in [2.75, 3.05) is 11.1 Å². The molecule has 0 aliphatic heterocycles. The molecule has 0 aliphatic carbocycles. The molecule has 4 aromatic rings. The summed E-state index contributed by atoms with van der Waals surface area (Å²) in [6.07, 6.45) is 1.65. The van der Waals surface area contributed by atoms with Crippen LogP contribution in [0.2, 0.25) is 0 Å². The van der Waals surface area contributed by atoms with Crippen LogP contribution in [0.25, 0.3) is 11.4 Å². The SMILES string of the molecule is CC(C)(C)c1ccc(-c2nnc(SCC(=O)Nc3cccc(Br)c3)n2Cc2ccco2)cc1.